The third-order valence-corrected chi connectivity index (χ3v) is 3.86. The van der Waals surface area contributed by atoms with Crippen molar-refractivity contribution in [3.05, 3.63) is 47.5 Å². The largest absolute Gasteiger partial charge is 0.315 e. The van der Waals surface area contributed by atoms with Gasteiger partial charge in [-0.3, -0.25) is 4.90 Å². The Morgan fingerprint density at radius 1 is 1.14 bits per heavy atom. The van der Waals surface area contributed by atoms with Gasteiger partial charge in [0.1, 0.15) is 12.2 Å². The summed E-state index contributed by atoms with van der Waals surface area (Å²) in [5, 5.41) is 11.6. The molecule has 2 aromatic rings. The lowest BCUT2D eigenvalue weighted by atomic mass is 10.1. The first kappa shape index (κ1) is 14.2. The number of hydrogen-bond acceptors (Lipinski definition) is 4. The lowest BCUT2D eigenvalue weighted by Gasteiger charge is -2.26. The van der Waals surface area contributed by atoms with E-state index in [0.29, 0.717) is 6.04 Å². The van der Waals surface area contributed by atoms with Gasteiger partial charge in [-0.1, -0.05) is 38.1 Å². The molecule has 5 heteroatoms. The molecule has 0 atom stereocenters. The molecular formula is C16H23N5. The highest BCUT2D eigenvalue weighted by Crippen LogP contribution is 2.14. The quantitative estimate of drug-likeness (QED) is 0.910. The van der Waals surface area contributed by atoms with E-state index in [9.17, 15) is 0 Å². The van der Waals surface area contributed by atoms with Gasteiger partial charge in [-0.2, -0.15) is 0 Å². The molecule has 0 spiro atoms. The summed E-state index contributed by atoms with van der Waals surface area (Å²) in [6.45, 7) is 9.18. The van der Waals surface area contributed by atoms with Crippen LogP contribution in [0.5, 0.6) is 0 Å². The Kier molecular flexibility index (Phi) is 4.31. The van der Waals surface area contributed by atoms with Crippen LogP contribution in [0, 0.1) is 0 Å². The van der Waals surface area contributed by atoms with Gasteiger partial charge in [0.2, 0.25) is 0 Å². The summed E-state index contributed by atoms with van der Waals surface area (Å²) in [5.74, 6) is 1.07. The standard InChI is InChI=1S/C16H23N5/c1-13(2)17-9-14-3-5-15(6-4-14)10-20-7-8-21-12-18-19-16(21)11-20/h3-6,12-13,17H,7-11H2,1-2H3. The summed E-state index contributed by atoms with van der Waals surface area (Å²) in [6.07, 6.45) is 1.82. The first-order chi connectivity index (χ1) is 10.2. The molecule has 21 heavy (non-hydrogen) atoms. The monoisotopic (exact) mass is 285 g/mol. The van der Waals surface area contributed by atoms with E-state index in [2.05, 4.69) is 63.1 Å². The first-order valence-corrected chi connectivity index (χ1v) is 7.61. The summed E-state index contributed by atoms with van der Waals surface area (Å²) >= 11 is 0. The Hall–Kier alpha value is -1.72. The summed E-state index contributed by atoms with van der Waals surface area (Å²) in [4.78, 5) is 2.42. The number of nitrogens with one attached hydrogen (secondary N) is 1. The van der Waals surface area contributed by atoms with Crippen LogP contribution in [0.25, 0.3) is 0 Å². The lowest BCUT2D eigenvalue weighted by Crippen LogP contribution is -2.33. The van der Waals surface area contributed by atoms with E-state index in [0.717, 1.165) is 38.5 Å². The Morgan fingerprint density at radius 2 is 1.90 bits per heavy atom. The highest BCUT2D eigenvalue weighted by Gasteiger charge is 2.17. The molecule has 0 amide bonds. The molecule has 1 aliphatic heterocycles. The smallest absolute Gasteiger partial charge is 0.147 e. The van der Waals surface area contributed by atoms with Crippen molar-refractivity contribution in [1.29, 1.82) is 0 Å². The Bertz CT molecular complexity index is 573. The van der Waals surface area contributed by atoms with Gasteiger partial charge in [0, 0.05) is 32.2 Å². The molecule has 1 aliphatic rings. The predicted octanol–water partition coefficient (Wildman–Crippen LogP) is 1.79. The van der Waals surface area contributed by atoms with Crippen LogP contribution in [0.1, 0.15) is 30.8 Å². The zero-order valence-electron chi connectivity index (χ0n) is 12.8. The molecule has 0 fully saturated rings. The molecule has 112 valence electrons. The minimum atomic E-state index is 0.523. The second kappa shape index (κ2) is 6.37. The molecule has 0 unspecified atom stereocenters. The second-order valence-electron chi connectivity index (χ2n) is 6.00. The predicted molar refractivity (Wildman–Crippen MR) is 82.6 cm³/mol. The van der Waals surface area contributed by atoms with Crippen LogP contribution in [-0.2, 0) is 26.2 Å². The minimum Gasteiger partial charge on any atom is -0.315 e. The molecule has 0 aliphatic carbocycles. The zero-order chi connectivity index (χ0) is 14.7. The molecular weight excluding hydrogens is 262 g/mol. The Morgan fingerprint density at radius 3 is 2.67 bits per heavy atom. The lowest BCUT2D eigenvalue weighted by molar-refractivity contribution is 0.209. The van der Waals surface area contributed by atoms with Crippen LogP contribution >= 0.6 is 0 Å². The summed E-state index contributed by atoms with van der Waals surface area (Å²) in [5.41, 5.74) is 2.70. The highest BCUT2D eigenvalue weighted by atomic mass is 15.3. The molecule has 3 rings (SSSR count). The number of benzene rings is 1. The molecule has 1 aromatic carbocycles. The maximum absolute atomic E-state index is 4.17. The van der Waals surface area contributed by atoms with Crippen molar-refractivity contribution in [1.82, 2.24) is 25.0 Å². The van der Waals surface area contributed by atoms with Gasteiger partial charge in [0.05, 0.1) is 6.54 Å². The van der Waals surface area contributed by atoms with Crippen LogP contribution in [0.15, 0.2) is 30.6 Å². The topological polar surface area (TPSA) is 46.0 Å². The summed E-state index contributed by atoms with van der Waals surface area (Å²) in [7, 11) is 0. The average Bonchev–Trinajstić information content (AvgIpc) is 2.94. The van der Waals surface area contributed by atoms with E-state index in [1.54, 1.807) is 0 Å². The molecule has 2 heterocycles. The van der Waals surface area contributed by atoms with E-state index < -0.39 is 0 Å². The van der Waals surface area contributed by atoms with Crippen molar-refractivity contribution in [2.45, 2.75) is 46.1 Å². The van der Waals surface area contributed by atoms with Crippen LogP contribution in [0.4, 0.5) is 0 Å². The number of rotatable bonds is 5. The third-order valence-electron chi connectivity index (χ3n) is 3.86. The normalized spacial score (nSPS) is 15.4. The molecule has 5 nitrogen and oxygen atoms in total. The number of aromatic nitrogens is 3. The maximum Gasteiger partial charge on any atom is 0.147 e. The SMILES string of the molecule is CC(C)NCc1ccc(CN2CCn3cnnc3C2)cc1. The number of fused-ring (bicyclic) bond motifs is 1. The van der Waals surface area contributed by atoms with E-state index >= 15 is 0 Å². The van der Waals surface area contributed by atoms with Crippen molar-refractivity contribution in [3.63, 3.8) is 0 Å². The van der Waals surface area contributed by atoms with Crippen LogP contribution in [0.2, 0.25) is 0 Å². The van der Waals surface area contributed by atoms with Crippen LogP contribution in [0.3, 0.4) is 0 Å². The maximum atomic E-state index is 4.17. The average molecular weight is 285 g/mol. The third kappa shape index (κ3) is 3.68. The molecule has 0 saturated carbocycles. The van der Waals surface area contributed by atoms with Crippen molar-refractivity contribution in [2.24, 2.45) is 0 Å². The Balaban J connectivity index is 1.56. The van der Waals surface area contributed by atoms with Gasteiger partial charge in [0.15, 0.2) is 0 Å². The highest BCUT2D eigenvalue weighted by molar-refractivity contribution is 5.22. The molecule has 0 saturated heterocycles. The van der Waals surface area contributed by atoms with Crippen molar-refractivity contribution in [3.8, 4) is 0 Å². The first-order valence-electron chi connectivity index (χ1n) is 7.61. The summed E-state index contributed by atoms with van der Waals surface area (Å²) in [6, 6.07) is 9.43. The van der Waals surface area contributed by atoms with Crippen molar-refractivity contribution >= 4 is 0 Å². The van der Waals surface area contributed by atoms with Gasteiger partial charge < -0.3 is 9.88 Å². The van der Waals surface area contributed by atoms with Crippen LogP contribution in [-0.4, -0.2) is 32.3 Å². The molecule has 0 bridgehead atoms. The van der Waals surface area contributed by atoms with E-state index in [-0.39, 0.29) is 0 Å². The van der Waals surface area contributed by atoms with Crippen LogP contribution < -0.4 is 5.32 Å². The van der Waals surface area contributed by atoms with Crippen molar-refractivity contribution < 1.29 is 0 Å². The van der Waals surface area contributed by atoms with Gasteiger partial charge in [-0.15, -0.1) is 10.2 Å². The van der Waals surface area contributed by atoms with Gasteiger partial charge in [0.25, 0.3) is 0 Å². The Labute approximate surface area is 126 Å². The fourth-order valence-corrected chi connectivity index (χ4v) is 2.59. The van der Waals surface area contributed by atoms with E-state index in [1.807, 2.05) is 6.33 Å². The van der Waals surface area contributed by atoms with E-state index in [1.165, 1.54) is 11.1 Å². The molecule has 0 radical (unpaired) electrons. The second-order valence-corrected chi connectivity index (χ2v) is 6.00. The minimum absolute atomic E-state index is 0.523. The van der Waals surface area contributed by atoms with Crippen molar-refractivity contribution in [2.75, 3.05) is 6.54 Å². The number of nitrogens with zero attached hydrogens (tertiary/aromatic N) is 4. The summed E-state index contributed by atoms with van der Waals surface area (Å²) < 4.78 is 2.14. The molecule has 1 aromatic heterocycles. The fraction of sp³-hybridized carbons (Fsp3) is 0.500. The van der Waals surface area contributed by atoms with Gasteiger partial charge in [-0.05, 0) is 11.1 Å². The van der Waals surface area contributed by atoms with E-state index in [4.69, 9.17) is 0 Å². The van der Waals surface area contributed by atoms with Gasteiger partial charge in [-0.25, -0.2) is 0 Å². The molecule has 1 N–H and O–H groups in total. The zero-order valence-corrected chi connectivity index (χ0v) is 12.8. The van der Waals surface area contributed by atoms with Gasteiger partial charge >= 0.3 is 0 Å². The fourth-order valence-electron chi connectivity index (χ4n) is 2.59. The number of hydrogen-bond donors (Lipinski definition) is 1.